The SMILES string of the molecule is CNC(=O)c1nnc(NC(=O)C2CC2)cc1Nc1cccc(C(=O)Nc2ccc(-c3ncn(C4CC4)n3)cc2)c1OC. The Morgan fingerprint density at radius 3 is 2.40 bits per heavy atom. The average molecular weight is 568 g/mol. The fraction of sp³-hybridized carbons (Fsp3) is 0.276. The third-order valence-corrected chi connectivity index (χ3v) is 7.00. The summed E-state index contributed by atoms with van der Waals surface area (Å²) >= 11 is 0. The van der Waals surface area contributed by atoms with Crippen LogP contribution in [0.4, 0.5) is 22.9 Å². The Hall–Kier alpha value is -5.33. The molecule has 2 aliphatic rings. The van der Waals surface area contributed by atoms with Crippen LogP contribution in [0.3, 0.4) is 0 Å². The first-order valence-electron chi connectivity index (χ1n) is 13.6. The maximum absolute atomic E-state index is 13.3. The number of hydrogen-bond donors (Lipinski definition) is 4. The fourth-order valence-corrected chi connectivity index (χ4v) is 4.41. The number of anilines is 4. The third kappa shape index (κ3) is 5.75. The highest BCUT2D eigenvalue weighted by Gasteiger charge is 2.30. The number of nitrogens with zero attached hydrogens (tertiary/aromatic N) is 5. The second kappa shape index (κ2) is 11.3. The van der Waals surface area contributed by atoms with Crippen molar-refractivity contribution in [3.05, 3.63) is 66.1 Å². The van der Waals surface area contributed by atoms with E-state index in [2.05, 4.69) is 41.5 Å². The zero-order chi connectivity index (χ0) is 29.2. The van der Waals surface area contributed by atoms with Gasteiger partial charge in [-0.2, -0.15) is 5.10 Å². The summed E-state index contributed by atoms with van der Waals surface area (Å²) in [5.41, 5.74) is 2.40. The molecule has 2 fully saturated rings. The monoisotopic (exact) mass is 567 g/mol. The molecule has 4 aromatic rings. The maximum atomic E-state index is 13.3. The minimum absolute atomic E-state index is 0.00960. The number of ether oxygens (including phenoxy) is 1. The van der Waals surface area contributed by atoms with E-state index in [9.17, 15) is 14.4 Å². The molecule has 6 rings (SSSR count). The highest BCUT2D eigenvalue weighted by atomic mass is 16.5. The molecule has 42 heavy (non-hydrogen) atoms. The first-order valence-corrected chi connectivity index (χ1v) is 13.6. The molecule has 0 aliphatic heterocycles. The number of amides is 3. The Kier molecular flexibility index (Phi) is 7.21. The number of aromatic nitrogens is 5. The van der Waals surface area contributed by atoms with E-state index >= 15 is 0 Å². The van der Waals surface area contributed by atoms with Crippen molar-refractivity contribution in [1.82, 2.24) is 30.3 Å². The van der Waals surface area contributed by atoms with Crippen molar-refractivity contribution in [1.29, 1.82) is 0 Å². The van der Waals surface area contributed by atoms with Crippen LogP contribution in [0.5, 0.6) is 5.75 Å². The summed E-state index contributed by atoms with van der Waals surface area (Å²) in [5, 5.41) is 23.8. The van der Waals surface area contributed by atoms with Gasteiger partial charge in [-0.05, 0) is 62.1 Å². The number of benzene rings is 2. The molecule has 2 aromatic carbocycles. The van der Waals surface area contributed by atoms with E-state index < -0.39 is 11.8 Å². The molecule has 13 heteroatoms. The van der Waals surface area contributed by atoms with Crippen LogP contribution < -0.4 is 26.0 Å². The molecule has 2 saturated carbocycles. The summed E-state index contributed by atoms with van der Waals surface area (Å²) in [4.78, 5) is 42.5. The lowest BCUT2D eigenvalue weighted by molar-refractivity contribution is -0.117. The molecular formula is C29H29N9O4. The highest BCUT2D eigenvalue weighted by molar-refractivity contribution is 6.08. The van der Waals surface area contributed by atoms with Gasteiger partial charge in [0.25, 0.3) is 11.8 Å². The lowest BCUT2D eigenvalue weighted by atomic mass is 10.1. The number of methoxy groups -OCH3 is 1. The van der Waals surface area contributed by atoms with Gasteiger partial charge in [0, 0.05) is 30.3 Å². The van der Waals surface area contributed by atoms with Gasteiger partial charge in [0.1, 0.15) is 6.33 Å². The van der Waals surface area contributed by atoms with Crippen LogP contribution in [0.1, 0.15) is 52.6 Å². The van der Waals surface area contributed by atoms with Gasteiger partial charge < -0.3 is 26.0 Å². The first kappa shape index (κ1) is 26.9. The summed E-state index contributed by atoms with van der Waals surface area (Å²) in [6.07, 6.45) is 5.67. The van der Waals surface area contributed by atoms with E-state index in [0.29, 0.717) is 23.2 Å². The maximum Gasteiger partial charge on any atom is 0.273 e. The molecule has 2 aromatic heterocycles. The Balaban J connectivity index is 1.21. The molecule has 0 spiro atoms. The zero-order valence-corrected chi connectivity index (χ0v) is 23.0. The highest BCUT2D eigenvalue weighted by Crippen LogP contribution is 2.35. The molecule has 214 valence electrons. The van der Waals surface area contributed by atoms with Crippen molar-refractivity contribution in [2.45, 2.75) is 31.7 Å². The minimum atomic E-state index is -0.476. The molecule has 0 atom stereocenters. The van der Waals surface area contributed by atoms with E-state index in [1.54, 1.807) is 36.7 Å². The molecule has 0 unspecified atom stereocenters. The summed E-state index contributed by atoms with van der Waals surface area (Å²) in [6.45, 7) is 0. The molecular weight excluding hydrogens is 538 g/mol. The molecule has 13 nitrogen and oxygen atoms in total. The van der Waals surface area contributed by atoms with Crippen LogP contribution in [0, 0.1) is 5.92 Å². The van der Waals surface area contributed by atoms with Crippen molar-refractivity contribution in [2.75, 3.05) is 30.1 Å². The average Bonchev–Trinajstić information content (AvgIpc) is 3.95. The summed E-state index contributed by atoms with van der Waals surface area (Å²) in [5.74, 6) is 0.0502. The van der Waals surface area contributed by atoms with Crippen molar-refractivity contribution >= 4 is 40.6 Å². The molecule has 0 radical (unpaired) electrons. The Morgan fingerprint density at radius 2 is 1.71 bits per heavy atom. The minimum Gasteiger partial charge on any atom is -0.494 e. The number of carbonyl (C=O) groups is 3. The van der Waals surface area contributed by atoms with E-state index in [4.69, 9.17) is 4.74 Å². The van der Waals surface area contributed by atoms with Gasteiger partial charge in [0.05, 0.1) is 30.1 Å². The van der Waals surface area contributed by atoms with Crippen LogP contribution in [0.2, 0.25) is 0 Å². The second-order valence-electron chi connectivity index (χ2n) is 10.2. The zero-order valence-electron chi connectivity index (χ0n) is 23.0. The lowest BCUT2D eigenvalue weighted by Crippen LogP contribution is -2.22. The second-order valence-corrected chi connectivity index (χ2v) is 10.2. The summed E-state index contributed by atoms with van der Waals surface area (Å²) in [7, 11) is 2.93. The summed E-state index contributed by atoms with van der Waals surface area (Å²) in [6, 6.07) is 14.3. The van der Waals surface area contributed by atoms with Gasteiger partial charge in [-0.15, -0.1) is 10.2 Å². The topological polar surface area (TPSA) is 165 Å². The third-order valence-electron chi connectivity index (χ3n) is 7.00. The Labute approximate surface area is 241 Å². The number of hydrogen-bond acceptors (Lipinski definition) is 9. The van der Waals surface area contributed by atoms with Crippen LogP contribution in [0.15, 0.2) is 54.9 Å². The molecule has 0 saturated heterocycles. The van der Waals surface area contributed by atoms with E-state index in [1.165, 1.54) is 20.2 Å². The molecule has 2 heterocycles. The smallest absolute Gasteiger partial charge is 0.273 e. The van der Waals surface area contributed by atoms with Gasteiger partial charge >= 0.3 is 0 Å². The molecule has 4 N–H and O–H groups in total. The number of carbonyl (C=O) groups excluding carboxylic acids is 3. The predicted octanol–water partition coefficient (Wildman–Crippen LogP) is 3.78. The predicted molar refractivity (Wildman–Crippen MR) is 155 cm³/mol. The number of para-hydroxylation sites is 1. The molecule has 0 bridgehead atoms. The van der Waals surface area contributed by atoms with Crippen molar-refractivity contribution in [3.63, 3.8) is 0 Å². The largest absolute Gasteiger partial charge is 0.494 e. The van der Waals surface area contributed by atoms with Gasteiger partial charge in [0.2, 0.25) is 5.91 Å². The van der Waals surface area contributed by atoms with Gasteiger partial charge in [-0.3, -0.25) is 14.4 Å². The summed E-state index contributed by atoms with van der Waals surface area (Å²) < 4.78 is 7.52. The molecule has 3 amide bonds. The lowest BCUT2D eigenvalue weighted by Gasteiger charge is -2.17. The molecule has 2 aliphatic carbocycles. The van der Waals surface area contributed by atoms with Crippen molar-refractivity contribution in [2.24, 2.45) is 5.92 Å². The van der Waals surface area contributed by atoms with Crippen LogP contribution in [-0.4, -0.2) is 56.8 Å². The van der Waals surface area contributed by atoms with Gasteiger partial charge in [-0.1, -0.05) is 6.07 Å². The van der Waals surface area contributed by atoms with E-state index in [1.807, 2.05) is 16.8 Å². The standard InChI is InChI=1S/C29H29N9O4/c1-30-29(41)24-22(14-23(35-36-24)34-27(39)17-6-7-17)33-21-5-3-4-20(25(21)42-2)28(40)32-18-10-8-16(9-11-18)26-31-15-38(37-26)19-12-13-19/h3-5,8-11,14-15,17,19H,6-7,12-13H2,1-2H3,(H,30,41)(H,32,40)(H2,33,34,35,39). The fourth-order valence-electron chi connectivity index (χ4n) is 4.41. The van der Waals surface area contributed by atoms with E-state index in [0.717, 1.165) is 31.2 Å². The quantitative estimate of drug-likeness (QED) is 0.223. The number of nitrogens with one attached hydrogen (secondary N) is 4. The van der Waals surface area contributed by atoms with Crippen LogP contribution >= 0.6 is 0 Å². The van der Waals surface area contributed by atoms with Crippen LogP contribution in [-0.2, 0) is 4.79 Å². The van der Waals surface area contributed by atoms with Gasteiger partial charge in [0.15, 0.2) is 23.1 Å². The normalized spacial score (nSPS) is 14.1. The first-order chi connectivity index (χ1) is 20.4. The van der Waals surface area contributed by atoms with Crippen LogP contribution in [0.25, 0.3) is 11.4 Å². The van der Waals surface area contributed by atoms with E-state index in [-0.39, 0.29) is 40.3 Å². The van der Waals surface area contributed by atoms with Crippen molar-refractivity contribution < 1.29 is 19.1 Å². The number of rotatable bonds is 10. The van der Waals surface area contributed by atoms with Gasteiger partial charge in [-0.25, -0.2) is 9.67 Å². The Morgan fingerprint density at radius 1 is 0.929 bits per heavy atom. The van der Waals surface area contributed by atoms with Crippen molar-refractivity contribution in [3.8, 4) is 17.1 Å². The Bertz CT molecular complexity index is 1660.